The Morgan fingerprint density at radius 1 is 0.197 bits per heavy atom. The van der Waals surface area contributed by atoms with Crippen molar-refractivity contribution in [3.8, 4) is 0 Å². The summed E-state index contributed by atoms with van der Waals surface area (Å²) in [5.41, 5.74) is 19.4. The molecule has 0 aromatic carbocycles. The lowest BCUT2D eigenvalue weighted by Gasteiger charge is -2.04. The molecule has 1 N–H and O–H groups in total. The Morgan fingerprint density at radius 2 is 0.318 bits per heavy atom. The summed E-state index contributed by atoms with van der Waals surface area (Å²) in [4.78, 5) is 0. The molecule has 0 aliphatic heterocycles. The minimum atomic E-state index is 0.148. The van der Waals surface area contributed by atoms with Gasteiger partial charge >= 0.3 is 0 Å². The van der Waals surface area contributed by atoms with E-state index in [9.17, 15) is 0 Å². The summed E-state index contributed by atoms with van der Waals surface area (Å²) < 4.78 is 0. The highest BCUT2D eigenvalue weighted by Gasteiger charge is 1.99. The maximum absolute atomic E-state index is 9.01. The third-order valence-corrected chi connectivity index (χ3v) is 12.9. The molecule has 372 valence electrons. The first-order valence-corrected chi connectivity index (χ1v) is 26.6. The van der Waals surface area contributed by atoms with Crippen LogP contribution in [0.5, 0.6) is 0 Å². The number of aliphatic hydroxyl groups excluding tert-OH is 1. The van der Waals surface area contributed by atoms with Crippen molar-refractivity contribution in [3.63, 3.8) is 0 Å². The lowest BCUT2D eigenvalue weighted by Crippen LogP contribution is -1.84. The van der Waals surface area contributed by atoms with E-state index < -0.39 is 0 Å². The average Bonchev–Trinajstić information content (AvgIpc) is 3.23. The van der Waals surface area contributed by atoms with Crippen LogP contribution in [0, 0.1) is 0 Å². The van der Waals surface area contributed by atoms with Gasteiger partial charge in [-0.2, -0.15) is 0 Å². The van der Waals surface area contributed by atoms with Crippen LogP contribution in [0.4, 0.5) is 0 Å². The first-order chi connectivity index (χ1) is 31.5. The molecule has 0 unspecified atom stereocenters. The molecule has 0 aromatic rings. The van der Waals surface area contributed by atoms with Crippen LogP contribution in [0.25, 0.3) is 0 Å². The fraction of sp³-hybridized carbons (Fsp3) is 0.600. The first kappa shape index (κ1) is 62.6. The topological polar surface area (TPSA) is 20.2 Å². The second kappa shape index (κ2) is 41.7. The number of allylic oxidation sites excluding steroid dienone is 25. The summed E-state index contributed by atoms with van der Waals surface area (Å²) in [6, 6.07) is 0. The summed E-state index contributed by atoms with van der Waals surface area (Å²) in [5, 5.41) is 9.01. The van der Waals surface area contributed by atoms with Crippen molar-refractivity contribution < 1.29 is 5.11 Å². The zero-order valence-electron chi connectivity index (χ0n) is 46.1. The second-order valence-electron chi connectivity index (χ2n) is 20.5. The monoisotopic (exact) mass is 903 g/mol. The molecule has 0 rings (SSSR count). The Labute approximate surface area is 412 Å². The van der Waals surface area contributed by atoms with Gasteiger partial charge < -0.3 is 5.11 Å². The molecule has 0 fully saturated rings. The highest BCUT2D eigenvalue weighted by Crippen LogP contribution is 2.19. The van der Waals surface area contributed by atoms with Gasteiger partial charge in [0.15, 0.2) is 0 Å². The number of hydrogen-bond acceptors (Lipinski definition) is 1. The molecule has 1 heteroatoms. The number of rotatable bonds is 37. The lowest BCUT2D eigenvalue weighted by atomic mass is 10.0. The third kappa shape index (κ3) is 42.0. The van der Waals surface area contributed by atoms with Crippen LogP contribution in [-0.2, 0) is 0 Å². The quantitative estimate of drug-likeness (QED) is 0.0616. The lowest BCUT2D eigenvalue weighted by molar-refractivity contribution is 0.341. The molecular weight excluding hydrogens is 797 g/mol. The molecule has 66 heavy (non-hydrogen) atoms. The van der Waals surface area contributed by atoms with Crippen molar-refractivity contribution in [2.24, 2.45) is 0 Å². The predicted molar refractivity (Wildman–Crippen MR) is 302 cm³/mol. The normalized spacial score (nSPS) is 15.1. The van der Waals surface area contributed by atoms with Gasteiger partial charge in [-0.1, -0.05) is 151 Å². The largest absolute Gasteiger partial charge is 0.392 e. The Bertz CT molecular complexity index is 1730. The molecule has 0 amide bonds. The van der Waals surface area contributed by atoms with Crippen molar-refractivity contribution >= 4 is 0 Å². The van der Waals surface area contributed by atoms with Gasteiger partial charge in [0.25, 0.3) is 0 Å². The Hall–Kier alpha value is -3.42. The van der Waals surface area contributed by atoms with Crippen molar-refractivity contribution in [1.29, 1.82) is 0 Å². The van der Waals surface area contributed by atoms with E-state index >= 15 is 0 Å². The SMILES string of the molecule is CC(C)=CCC/C(C)=C/CC/C(C)=C/CC/C(C)=C/CC/C(C)=C\CC/C(C)=C\CC/C(C)=C\CC/C(C)=C\CC/C(C)=C\CC/C(C)=C\CC/C(C)=C\CC/C(C)=C\CC/C(C)=C\CO. The maximum Gasteiger partial charge on any atom is 0.0614 e. The Balaban J connectivity index is 4.29. The number of aliphatic hydroxyl groups is 1. The van der Waals surface area contributed by atoms with Crippen molar-refractivity contribution in [3.05, 3.63) is 151 Å². The van der Waals surface area contributed by atoms with E-state index in [1.165, 1.54) is 137 Å². The van der Waals surface area contributed by atoms with Crippen LogP contribution >= 0.6 is 0 Å². The average molecular weight is 904 g/mol. The molecule has 0 saturated carbocycles. The molecule has 0 bridgehead atoms. The van der Waals surface area contributed by atoms with Crippen LogP contribution in [0.15, 0.2) is 151 Å². The van der Waals surface area contributed by atoms with E-state index in [0.717, 1.165) is 89.9 Å². The van der Waals surface area contributed by atoms with Crippen molar-refractivity contribution in [1.82, 2.24) is 0 Å². The van der Waals surface area contributed by atoms with Gasteiger partial charge in [0, 0.05) is 0 Å². The van der Waals surface area contributed by atoms with Gasteiger partial charge in [-0.25, -0.2) is 0 Å². The van der Waals surface area contributed by atoms with E-state index in [1.807, 2.05) is 6.08 Å². The Kier molecular flexibility index (Phi) is 39.6. The van der Waals surface area contributed by atoms with Gasteiger partial charge in [-0.3, -0.25) is 0 Å². The van der Waals surface area contributed by atoms with Gasteiger partial charge in [0.1, 0.15) is 0 Å². The van der Waals surface area contributed by atoms with E-state index in [2.05, 4.69) is 170 Å². The van der Waals surface area contributed by atoms with Gasteiger partial charge in [-0.05, 0) is 251 Å². The zero-order chi connectivity index (χ0) is 49.4. The summed E-state index contributed by atoms with van der Waals surface area (Å²) in [6.45, 7) is 31.9. The molecule has 1 nitrogen and oxygen atoms in total. The predicted octanol–water partition coefficient (Wildman–Crippen LogP) is 21.7. The molecule has 0 spiro atoms. The zero-order valence-corrected chi connectivity index (χ0v) is 46.1. The highest BCUT2D eigenvalue weighted by molar-refractivity contribution is 5.12. The number of hydrogen-bond donors (Lipinski definition) is 1. The van der Waals surface area contributed by atoms with E-state index in [-0.39, 0.29) is 6.61 Å². The summed E-state index contributed by atoms with van der Waals surface area (Å²) in [5.74, 6) is 0. The summed E-state index contributed by atoms with van der Waals surface area (Å²) in [6.07, 6.45) is 58.9. The van der Waals surface area contributed by atoms with Crippen LogP contribution in [0.1, 0.15) is 251 Å². The Morgan fingerprint density at radius 3 is 0.439 bits per heavy atom. The van der Waals surface area contributed by atoms with Crippen LogP contribution in [0.3, 0.4) is 0 Å². The van der Waals surface area contributed by atoms with Gasteiger partial charge in [0.2, 0.25) is 0 Å². The van der Waals surface area contributed by atoms with Crippen molar-refractivity contribution in [2.45, 2.75) is 251 Å². The van der Waals surface area contributed by atoms with Crippen LogP contribution in [0.2, 0.25) is 0 Å². The molecule has 0 atom stereocenters. The molecule has 0 saturated heterocycles. The smallest absolute Gasteiger partial charge is 0.0614 e. The molecule has 0 radical (unpaired) electrons. The molecule has 0 aromatic heterocycles. The summed E-state index contributed by atoms with van der Waals surface area (Å²) >= 11 is 0. The second-order valence-corrected chi connectivity index (χ2v) is 20.5. The molecular formula is C65H106O. The fourth-order valence-electron chi connectivity index (χ4n) is 7.98. The van der Waals surface area contributed by atoms with E-state index in [0.29, 0.717) is 0 Å². The minimum Gasteiger partial charge on any atom is -0.392 e. The summed E-state index contributed by atoms with van der Waals surface area (Å²) in [7, 11) is 0. The standard InChI is InChI=1S/C65H106O/c1-53(2)27-15-28-54(3)29-16-30-55(4)31-17-32-56(5)33-18-34-57(6)35-19-36-58(7)37-20-38-59(8)39-21-40-60(9)41-22-42-61(10)43-23-44-62(11)45-24-46-63(12)47-25-48-64(13)49-26-50-65(14)51-52-66/h27,29,31,33,35,37,39,41,43,45,47,49,51,66H,15-26,28,30,32,34,36,38,40,42,44,46,48,50,52H2,1-14H3/b54-29+,55-31+,56-33+,57-35-,58-37-,59-39-,60-41-,61-43-,62-45-,63-47-,64-49-,65-51-. The highest BCUT2D eigenvalue weighted by atomic mass is 16.2. The van der Waals surface area contributed by atoms with Crippen LogP contribution in [-0.4, -0.2) is 11.7 Å². The minimum absolute atomic E-state index is 0.148. The van der Waals surface area contributed by atoms with Crippen molar-refractivity contribution in [2.75, 3.05) is 6.61 Å². The van der Waals surface area contributed by atoms with E-state index in [4.69, 9.17) is 5.11 Å². The first-order valence-electron chi connectivity index (χ1n) is 26.6. The fourth-order valence-corrected chi connectivity index (χ4v) is 7.98. The van der Waals surface area contributed by atoms with Crippen LogP contribution < -0.4 is 0 Å². The molecule has 0 heterocycles. The maximum atomic E-state index is 9.01. The van der Waals surface area contributed by atoms with Gasteiger partial charge in [0.05, 0.1) is 6.61 Å². The van der Waals surface area contributed by atoms with E-state index in [1.54, 1.807) is 0 Å². The molecule has 0 aliphatic rings. The third-order valence-electron chi connectivity index (χ3n) is 12.9. The molecule has 0 aliphatic carbocycles. The van der Waals surface area contributed by atoms with Gasteiger partial charge in [-0.15, -0.1) is 0 Å².